The number of carbonyl (C=O) groups excluding carboxylic acids is 1. The number of hydrogen-bond donors (Lipinski definition) is 2. The van der Waals surface area contributed by atoms with E-state index < -0.39 is 6.04 Å². The highest BCUT2D eigenvalue weighted by molar-refractivity contribution is 6.33. The number of amides is 1. The largest absolute Gasteiger partial charge is 0.370 e. The molecule has 1 unspecified atom stereocenters. The van der Waals surface area contributed by atoms with E-state index in [0.29, 0.717) is 11.1 Å². The first kappa shape index (κ1) is 13.7. The first-order chi connectivity index (χ1) is 9.58. The first-order valence-corrected chi connectivity index (χ1v) is 7.58. The summed E-state index contributed by atoms with van der Waals surface area (Å²) in [6.07, 6.45) is 6.29. The molecule has 1 saturated carbocycles. The van der Waals surface area contributed by atoms with Gasteiger partial charge in [-0.1, -0.05) is 30.9 Å². The van der Waals surface area contributed by atoms with Gasteiger partial charge in [-0.05, 0) is 25.0 Å². The van der Waals surface area contributed by atoms with Crippen molar-refractivity contribution in [3.05, 3.63) is 22.7 Å². The van der Waals surface area contributed by atoms with Crippen molar-refractivity contribution in [2.75, 3.05) is 17.3 Å². The van der Waals surface area contributed by atoms with E-state index in [-0.39, 0.29) is 5.91 Å². The number of benzene rings is 1. The Morgan fingerprint density at radius 1 is 1.30 bits per heavy atom. The minimum atomic E-state index is -0.600. The highest BCUT2D eigenvalue weighted by Crippen LogP contribution is 2.39. The zero-order valence-corrected chi connectivity index (χ0v) is 12.4. The number of fused-ring (bicyclic) bond motifs is 1. The Balaban J connectivity index is 1.91. The number of halogens is 1. The van der Waals surface area contributed by atoms with Crippen LogP contribution in [0.1, 0.15) is 43.7 Å². The molecule has 1 aliphatic carbocycles. The van der Waals surface area contributed by atoms with Crippen molar-refractivity contribution in [3.8, 4) is 0 Å². The molecule has 0 saturated heterocycles. The summed E-state index contributed by atoms with van der Waals surface area (Å²) in [6.45, 7) is 0. The number of rotatable bonds is 2. The second-order valence-electron chi connectivity index (χ2n) is 5.76. The van der Waals surface area contributed by atoms with E-state index in [4.69, 9.17) is 17.3 Å². The lowest BCUT2D eigenvalue weighted by molar-refractivity contribution is -0.116. The van der Waals surface area contributed by atoms with Crippen molar-refractivity contribution in [3.63, 3.8) is 0 Å². The molecule has 1 atom stereocenters. The van der Waals surface area contributed by atoms with Gasteiger partial charge in [-0.15, -0.1) is 0 Å². The lowest BCUT2D eigenvalue weighted by atomic mass is 9.94. The van der Waals surface area contributed by atoms with Crippen molar-refractivity contribution in [1.29, 1.82) is 0 Å². The van der Waals surface area contributed by atoms with Crippen LogP contribution in [0.2, 0.25) is 5.02 Å². The van der Waals surface area contributed by atoms with E-state index in [2.05, 4.69) is 17.3 Å². The van der Waals surface area contributed by atoms with E-state index in [9.17, 15) is 4.79 Å². The lowest BCUT2D eigenvalue weighted by Gasteiger charge is -2.33. The summed E-state index contributed by atoms with van der Waals surface area (Å²) in [4.78, 5) is 13.9. The Kier molecular flexibility index (Phi) is 3.61. The standard InChI is InChI=1S/C15H20ClN3O/c1-19(9-5-3-2-4-6-9)13-8-12-10(7-11(13)16)14(17)15(20)18-12/h7-9,14H,2-6,17H2,1H3,(H,18,20). The van der Waals surface area contributed by atoms with Crippen LogP contribution in [0.15, 0.2) is 12.1 Å². The Labute approximate surface area is 124 Å². The second-order valence-corrected chi connectivity index (χ2v) is 6.17. The van der Waals surface area contributed by atoms with Crippen LogP contribution in [0.3, 0.4) is 0 Å². The topological polar surface area (TPSA) is 58.4 Å². The van der Waals surface area contributed by atoms with Gasteiger partial charge in [-0.3, -0.25) is 4.79 Å². The van der Waals surface area contributed by atoms with Crippen molar-refractivity contribution >= 4 is 28.9 Å². The van der Waals surface area contributed by atoms with Crippen LogP contribution in [0.4, 0.5) is 11.4 Å². The maximum atomic E-state index is 11.6. The molecular formula is C15H20ClN3O. The molecule has 0 aromatic heterocycles. The third-order valence-corrected chi connectivity index (χ3v) is 4.80. The lowest BCUT2D eigenvalue weighted by Crippen LogP contribution is -2.33. The summed E-state index contributed by atoms with van der Waals surface area (Å²) < 4.78 is 0. The molecule has 0 spiro atoms. The molecule has 1 fully saturated rings. The SMILES string of the molecule is CN(c1cc2c(cc1Cl)C(N)C(=O)N2)C1CCCCC1. The third-order valence-electron chi connectivity index (χ3n) is 4.50. The van der Waals surface area contributed by atoms with Gasteiger partial charge in [-0.25, -0.2) is 0 Å². The summed E-state index contributed by atoms with van der Waals surface area (Å²) in [5, 5.41) is 3.49. The fraction of sp³-hybridized carbons (Fsp3) is 0.533. The minimum Gasteiger partial charge on any atom is -0.370 e. The van der Waals surface area contributed by atoms with Crippen molar-refractivity contribution in [1.82, 2.24) is 0 Å². The van der Waals surface area contributed by atoms with Crippen LogP contribution in [0.25, 0.3) is 0 Å². The molecule has 0 bridgehead atoms. The van der Waals surface area contributed by atoms with Gasteiger partial charge in [0.25, 0.3) is 0 Å². The Morgan fingerprint density at radius 3 is 2.70 bits per heavy atom. The van der Waals surface area contributed by atoms with Crippen molar-refractivity contribution < 1.29 is 4.79 Å². The van der Waals surface area contributed by atoms with E-state index in [1.807, 2.05) is 12.1 Å². The van der Waals surface area contributed by atoms with Gasteiger partial charge < -0.3 is 16.0 Å². The van der Waals surface area contributed by atoms with E-state index in [1.54, 1.807) is 0 Å². The van der Waals surface area contributed by atoms with Crippen LogP contribution in [-0.4, -0.2) is 19.0 Å². The second kappa shape index (κ2) is 5.26. The Morgan fingerprint density at radius 2 is 2.00 bits per heavy atom. The molecule has 3 N–H and O–H groups in total. The van der Waals surface area contributed by atoms with Gasteiger partial charge in [-0.2, -0.15) is 0 Å². The predicted octanol–water partition coefficient (Wildman–Crippen LogP) is 3.06. The van der Waals surface area contributed by atoms with Crippen LogP contribution in [0.5, 0.6) is 0 Å². The zero-order chi connectivity index (χ0) is 14.3. The van der Waals surface area contributed by atoms with E-state index in [0.717, 1.165) is 16.9 Å². The molecule has 3 rings (SSSR count). The third kappa shape index (κ3) is 2.27. The fourth-order valence-corrected chi connectivity index (χ4v) is 3.54. The molecule has 0 radical (unpaired) electrons. The Hall–Kier alpha value is -1.26. The van der Waals surface area contributed by atoms with E-state index >= 15 is 0 Å². The molecular weight excluding hydrogens is 274 g/mol. The van der Waals surface area contributed by atoms with Gasteiger partial charge in [0.2, 0.25) is 5.91 Å². The van der Waals surface area contributed by atoms with Gasteiger partial charge in [0.05, 0.1) is 10.7 Å². The van der Waals surface area contributed by atoms with Gasteiger partial charge in [0, 0.05) is 24.3 Å². The first-order valence-electron chi connectivity index (χ1n) is 7.20. The van der Waals surface area contributed by atoms with Gasteiger partial charge in [0.15, 0.2) is 0 Å². The molecule has 2 aliphatic rings. The van der Waals surface area contributed by atoms with E-state index in [1.165, 1.54) is 32.1 Å². The molecule has 1 aromatic carbocycles. The maximum absolute atomic E-state index is 11.6. The molecule has 108 valence electrons. The average molecular weight is 294 g/mol. The average Bonchev–Trinajstić information content (AvgIpc) is 2.74. The van der Waals surface area contributed by atoms with Gasteiger partial charge in [0.1, 0.15) is 6.04 Å². The summed E-state index contributed by atoms with van der Waals surface area (Å²) in [5.74, 6) is -0.159. The molecule has 1 amide bonds. The predicted molar refractivity (Wildman–Crippen MR) is 82.3 cm³/mol. The van der Waals surface area contributed by atoms with Crippen LogP contribution >= 0.6 is 11.6 Å². The number of anilines is 2. The molecule has 1 aromatic rings. The normalized spacial score (nSPS) is 22.6. The highest BCUT2D eigenvalue weighted by atomic mass is 35.5. The monoisotopic (exact) mass is 293 g/mol. The highest BCUT2D eigenvalue weighted by Gasteiger charge is 2.29. The van der Waals surface area contributed by atoms with Crippen LogP contribution in [0, 0.1) is 0 Å². The van der Waals surface area contributed by atoms with Crippen LogP contribution in [-0.2, 0) is 4.79 Å². The van der Waals surface area contributed by atoms with Crippen molar-refractivity contribution in [2.24, 2.45) is 5.73 Å². The number of nitrogens with two attached hydrogens (primary N) is 1. The number of nitrogens with one attached hydrogen (secondary N) is 1. The van der Waals surface area contributed by atoms with Crippen molar-refractivity contribution in [2.45, 2.75) is 44.2 Å². The zero-order valence-electron chi connectivity index (χ0n) is 11.7. The summed E-state index contributed by atoms with van der Waals surface area (Å²) in [7, 11) is 2.08. The fourth-order valence-electron chi connectivity index (χ4n) is 3.23. The van der Waals surface area contributed by atoms with Crippen LogP contribution < -0.4 is 16.0 Å². The summed E-state index contributed by atoms with van der Waals surface area (Å²) in [5.41, 5.74) is 8.41. The Bertz CT molecular complexity index is 540. The van der Waals surface area contributed by atoms with Gasteiger partial charge >= 0.3 is 0 Å². The molecule has 1 aliphatic heterocycles. The smallest absolute Gasteiger partial charge is 0.245 e. The quantitative estimate of drug-likeness (QED) is 0.881. The number of carbonyl (C=O) groups is 1. The number of nitrogens with zero attached hydrogens (tertiary/aromatic N) is 1. The molecule has 1 heterocycles. The molecule has 5 heteroatoms. The molecule has 4 nitrogen and oxygen atoms in total. The summed E-state index contributed by atoms with van der Waals surface area (Å²) in [6, 6.07) is 3.71. The maximum Gasteiger partial charge on any atom is 0.245 e. The number of hydrogen-bond acceptors (Lipinski definition) is 3. The molecule has 20 heavy (non-hydrogen) atoms. The minimum absolute atomic E-state index is 0.159. The summed E-state index contributed by atoms with van der Waals surface area (Å²) >= 11 is 6.40.